The van der Waals surface area contributed by atoms with E-state index in [4.69, 9.17) is 4.74 Å². The highest BCUT2D eigenvalue weighted by atomic mass is 19.1. The molecule has 0 atom stereocenters. The van der Waals surface area contributed by atoms with E-state index in [1.165, 1.54) is 0 Å². The summed E-state index contributed by atoms with van der Waals surface area (Å²) in [6.07, 6.45) is 0. The van der Waals surface area contributed by atoms with Crippen molar-refractivity contribution in [3.8, 4) is 0 Å². The van der Waals surface area contributed by atoms with Crippen LogP contribution < -0.4 is 5.32 Å². The number of carbonyl (C=O) groups is 1. The Labute approximate surface area is 121 Å². The number of halogens is 2. The summed E-state index contributed by atoms with van der Waals surface area (Å²) in [6.45, 7) is 2.21. The number of hydrogen-bond acceptors (Lipinski definition) is 3. The second-order valence-electron chi connectivity index (χ2n) is 4.39. The number of esters is 1. The Morgan fingerprint density at radius 1 is 1.14 bits per heavy atom. The van der Waals surface area contributed by atoms with Gasteiger partial charge in [0.25, 0.3) is 0 Å². The summed E-state index contributed by atoms with van der Waals surface area (Å²) in [5.74, 6) is -1.34. The first kappa shape index (κ1) is 15.0. The monoisotopic (exact) mass is 291 g/mol. The zero-order chi connectivity index (χ0) is 15.2. The number of anilines is 1. The second kappa shape index (κ2) is 6.83. The molecule has 0 radical (unpaired) electrons. The molecule has 0 saturated heterocycles. The van der Waals surface area contributed by atoms with Crippen molar-refractivity contribution in [2.45, 2.75) is 13.5 Å². The summed E-state index contributed by atoms with van der Waals surface area (Å²) in [7, 11) is 0. The Kier molecular flexibility index (Phi) is 4.87. The van der Waals surface area contributed by atoms with Gasteiger partial charge >= 0.3 is 5.97 Å². The number of carbonyl (C=O) groups excluding carboxylic acids is 1. The molecule has 1 N–H and O–H groups in total. The molecule has 2 aromatic carbocycles. The highest BCUT2D eigenvalue weighted by Crippen LogP contribution is 2.14. The highest BCUT2D eigenvalue weighted by Gasteiger charge is 2.06. The van der Waals surface area contributed by atoms with E-state index in [9.17, 15) is 13.6 Å². The van der Waals surface area contributed by atoms with Gasteiger partial charge in [-0.3, -0.25) is 0 Å². The molecule has 0 aliphatic rings. The van der Waals surface area contributed by atoms with Crippen LogP contribution in [0.4, 0.5) is 14.5 Å². The summed E-state index contributed by atoms with van der Waals surface area (Å²) in [5.41, 5.74) is 1.38. The number of rotatable bonds is 5. The zero-order valence-electron chi connectivity index (χ0n) is 11.5. The minimum atomic E-state index is -0.481. The normalized spacial score (nSPS) is 10.2. The molecule has 21 heavy (non-hydrogen) atoms. The molecular weight excluding hydrogens is 276 g/mol. The lowest BCUT2D eigenvalue weighted by molar-refractivity contribution is 0.0526. The Balaban J connectivity index is 2.00. The van der Waals surface area contributed by atoms with Crippen LogP contribution in [0.25, 0.3) is 0 Å². The molecule has 0 aromatic heterocycles. The molecule has 2 rings (SSSR count). The summed E-state index contributed by atoms with van der Waals surface area (Å²) >= 11 is 0. The molecule has 0 amide bonds. The number of nitrogens with one attached hydrogen (secondary N) is 1. The SMILES string of the molecule is CCOC(=O)c1ccc(NCc2cc(F)ccc2F)cc1. The summed E-state index contributed by atoms with van der Waals surface area (Å²) in [6, 6.07) is 9.91. The van der Waals surface area contributed by atoms with Crippen molar-refractivity contribution in [1.82, 2.24) is 0 Å². The smallest absolute Gasteiger partial charge is 0.338 e. The first-order chi connectivity index (χ1) is 10.1. The van der Waals surface area contributed by atoms with Crippen LogP contribution in [-0.2, 0) is 11.3 Å². The first-order valence-electron chi connectivity index (χ1n) is 6.55. The van der Waals surface area contributed by atoms with Crippen LogP contribution in [0.1, 0.15) is 22.8 Å². The van der Waals surface area contributed by atoms with E-state index < -0.39 is 11.6 Å². The maximum Gasteiger partial charge on any atom is 0.338 e. The standard InChI is InChI=1S/C16H15F2NO2/c1-2-21-16(20)11-3-6-14(7-4-11)19-10-12-9-13(17)5-8-15(12)18/h3-9,19H,2,10H2,1H3. The Morgan fingerprint density at radius 2 is 1.86 bits per heavy atom. The number of benzene rings is 2. The van der Waals surface area contributed by atoms with E-state index >= 15 is 0 Å². The van der Waals surface area contributed by atoms with Crippen molar-refractivity contribution >= 4 is 11.7 Å². The molecule has 0 saturated carbocycles. The van der Waals surface area contributed by atoms with E-state index in [0.717, 1.165) is 18.2 Å². The number of hydrogen-bond donors (Lipinski definition) is 1. The molecule has 0 aliphatic carbocycles. The van der Waals surface area contributed by atoms with E-state index in [1.54, 1.807) is 31.2 Å². The third kappa shape index (κ3) is 4.02. The van der Waals surface area contributed by atoms with Crippen LogP contribution >= 0.6 is 0 Å². The Hall–Kier alpha value is -2.43. The molecule has 2 aromatic rings. The van der Waals surface area contributed by atoms with Gasteiger partial charge in [0.05, 0.1) is 12.2 Å². The minimum Gasteiger partial charge on any atom is -0.462 e. The first-order valence-corrected chi connectivity index (χ1v) is 6.55. The van der Waals surface area contributed by atoms with Crippen molar-refractivity contribution in [3.63, 3.8) is 0 Å². The van der Waals surface area contributed by atoms with Gasteiger partial charge in [0, 0.05) is 17.8 Å². The topological polar surface area (TPSA) is 38.3 Å². The van der Waals surface area contributed by atoms with E-state index in [-0.39, 0.29) is 18.1 Å². The van der Waals surface area contributed by atoms with Gasteiger partial charge in [0.1, 0.15) is 11.6 Å². The largest absolute Gasteiger partial charge is 0.462 e. The van der Waals surface area contributed by atoms with Gasteiger partial charge in [-0.05, 0) is 49.4 Å². The molecule has 0 bridgehead atoms. The lowest BCUT2D eigenvalue weighted by atomic mass is 10.2. The summed E-state index contributed by atoms with van der Waals surface area (Å²) < 4.78 is 31.4. The average molecular weight is 291 g/mol. The average Bonchev–Trinajstić information content (AvgIpc) is 2.49. The third-order valence-electron chi connectivity index (χ3n) is 2.89. The van der Waals surface area contributed by atoms with Gasteiger partial charge < -0.3 is 10.1 Å². The van der Waals surface area contributed by atoms with E-state index in [2.05, 4.69) is 5.32 Å². The predicted octanol–water partition coefficient (Wildman–Crippen LogP) is 3.75. The molecule has 3 nitrogen and oxygen atoms in total. The van der Waals surface area contributed by atoms with Crippen molar-refractivity contribution in [2.75, 3.05) is 11.9 Å². The molecule has 0 fully saturated rings. The van der Waals surface area contributed by atoms with Crippen LogP contribution in [0.5, 0.6) is 0 Å². The highest BCUT2D eigenvalue weighted by molar-refractivity contribution is 5.89. The minimum absolute atomic E-state index is 0.155. The van der Waals surface area contributed by atoms with Gasteiger partial charge in [-0.1, -0.05) is 0 Å². The van der Waals surface area contributed by atoms with Crippen LogP contribution in [0.3, 0.4) is 0 Å². The van der Waals surface area contributed by atoms with Crippen molar-refractivity contribution in [1.29, 1.82) is 0 Å². The van der Waals surface area contributed by atoms with Crippen LogP contribution in [-0.4, -0.2) is 12.6 Å². The fourth-order valence-corrected chi connectivity index (χ4v) is 1.81. The third-order valence-corrected chi connectivity index (χ3v) is 2.89. The maximum absolute atomic E-state index is 13.5. The summed E-state index contributed by atoms with van der Waals surface area (Å²) in [5, 5.41) is 2.97. The fraction of sp³-hybridized carbons (Fsp3) is 0.188. The van der Waals surface area contributed by atoms with Gasteiger partial charge in [0.2, 0.25) is 0 Å². The molecule has 0 unspecified atom stereocenters. The molecule has 0 heterocycles. The van der Waals surface area contributed by atoms with Gasteiger partial charge in [-0.25, -0.2) is 13.6 Å². The van der Waals surface area contributed by atoms with Gasteiger partial charge in [-0.2, -0.15) is 0 Å². The van der Waals surface area contributed by atoms with E-state index in [1.807, 2.05) is 0 Å². The van der Waals surface area contributed by atoms with Crippen molar-refractivity contribution in [3.05, 3.63) is 65.2 Å². The van der Waals surface area contributed by atoms with Gasteiger partial charge in [-0.15, -0.1) is 0 Å². The fourth-order valence-electron chi connectivity index (χ4n) is 1.81. The van der Waals surface area contributed by atoms with E-state index in [0.29, 0.717) is 17.9 Å². The molecular formula is C16H15F2NO2. The summed E-state index contributed by atoms with van der Waals surface area (Å²) in [4.78, 5) is 11.5. The predicted molar refractivity (Wildman–Crippen MR) is 76.1 cm³/mol. The van der Waals surface area contributed by atoms with Crippen molar-refractivity contribution < 1.29 is 18.3 Å². The number of ether oxygens (including phenoxy) is 1. The zero-order valence-corrected chi connectivity index (χ0v) is 11.5. The second-order valence-corrected chi connectivity index (χ2v) is 4.39. The van der Waals surface area contributed by atoms with Crippen LogP contribution in [0, 0.1) is 11.6 Å². The molecule has 110 valence electrons. The lowest BCUT2D eigenvalue weighted by Gasteiger charge is -2.08. The van der Waals surface area contributed by atoms with Crippen LogP contribution in [0.15, 0.2) is 42.5 Å². The Morgan fingerprint density at radius 3 is 2.52 bits per heavy atom. The molecule has 0 spiro atoms. The quantitative estimate of drug-likeness (QED) is 0.853. The molecule has 0 aliphatic heterocycles. The lowest BCUT2D eigenvalue weighted by Crippen LogP contribution is -2.05. The molecule has 5 heteroatoms. The Bertz CT molecular complexity index is 627. The van der Waals surface area contributed by atoms with Crippen molar-refractivity contribution in [2.24, 2.45) is 0 Å². The van der Waals surface area contributed by atoms with Crippen LogP contribution in [0.2, 0.25) is 0 Å². The maximum atomic E-state index is 13.5. The van der Waals surface area contributed by atoms with Gasteiger partial charge in [0.15, 0.2) is 0 Å².